The second-order valence-electron chi connectivity index (χ2n) is 4.08. The molecule has 0 amide bonds. The summed E-state index contributed by atoms with van der Waals surface area (Å²) in [6.07, 6.45) is 1.07. The number of nitrogens with two attached hydrogens (primary N) is 1. The molecule has 0 aliphatic carbocycles. The van der Waals surface area contributed by atoms with Gasteiger partial charge in [0.2, 0.25) is 0 Å². The quantitative estimate of drug-likeness (QED) is 0.589. The lowest BCUT2D eigenvalue weighted by molar-refractivity contribution is 0.662. The molecule has 0 aliphatic heterocycles. The van der Waals surface area contributed by atoms with Gasteiger partial charge in [-0.05, 0) is 32.4 Å². The fourth-order valence-corrected chi connectivity index (χ4v) is 1.61. The van der Waals surface area contributed by atoms with Crippen LogP contribution >= 0.6 is 0 Å². The van der Waals surface area contributed by atoms with Crippen LogP contribution in [0.5, 0.6) is 0 Å². The van der Waals surface area contributed by atoms with Gasteiger partial charge in [-0.1, -0.05) is 13.0 Å². The number of hydrogen-bond donors (Lipinski definition) is 2. The molecule has 88 valence electrons. The van der Waals surface area contributed by atoms with Crippen LogP contribution in [0.2, 0.25) is 0 Å². The first-order chi connectivity index (χ1) is 7.56. The lowest BCUT2D eigenvalue weighted by Gasteiger charge is -2.27. The molecule has 0 unspecified atom stereocenters. The van der Waals surface area contributed by atoms with Gasteiger partial charge in [-0.25, -0.2) is 4.98 Å². The minimum absolute atomic E-state index is 0.0158. The van der Waals surface area contributed by atoms with Crippen molar-refractivity contribution in [3.8, 4) is 0 Å². The highest BCUT2D eigenvalue weighted by Crippen LogP contribution is 2.14. The van der Waals surface area contributed by atoms with Crippen molar-refractivity contribution in [1.82, 2.24) is 4.98 Å². The summed E-state index contributed by atoms with van der Waals surface area (Å²) in [6, 6.07) is 6.01. The highest BCUT2D eigenvalue weighted by Gasteiger charge is 2.11. The normalized spacial score (nSPS) is 10.5. The average molecular weight is 220 g/mol. The Morgan fingerprint density at radius 3 is 2.69 bits per heavy atom. The van der Waals surface area contributed by atoms with Gasteiger partial charge in [0.15, 0.2) is 0 Å². The maximum Gasteiger partial charge on any atom is 0.141 e. The van der Waals surface area contributed by atoms with E-state index in [0.717, 1.165) is 18.8 Å². The number of nitrogens with one attached hydrogen (secondary N) is 1. The van der Waals surface area contributed by atoms with Crippen molar-refractivity contribution in [2.24, 2.45) is 5.73 Å². The van der Waals surface area contributed by atoms with E-state index in [9.17, 15) is 0 Å². The molecule has 1 aromatic heterocycles. The van der Waals surface area contributed by atoms with Crippen molar-refractivity contribution >= 4 is 11.7 Å². The van der Waals surface area contributed by atoms with E-state index in [4.69, 9.17) is 11.1 Å². The maximum absolute atomic E-state index is 7.38. The molecule has 0 aliphatic rings. The third-order valence-electron chi connectivity index (χ3n) is 2.39. The van der Waals surface area contributed by atoms with Crippen LogP contribution in [0.15, 0.2) is 18.2 Å². The summed E-state index contributed by atoms with van der Waals surface area (Å²) in [6.45, 7) is 7.38. The standard InChI is InChI=1S/C12H20N4/c1-4-8-16(9(2)3)11-7-5-6-10(15-11)12(13)14/h5-7,9H,4,8H2,1-3H3,(H3,13,14). The van der Waals surface area contributed by atoms with Crippen molar-refractivity contribution in [3.63, 3.8) is 0 Å². The zero-order valence-electron chi connectivity index (χ0n) is 10.2. The van der Waals surface area contributed by atoms with Gasteiger partial charge in [0.25, 0.3) is 0 Å². The molecular formula is C12H20N4. The molecule has 16 heavy (non-hydrogen) atoms. The summed E-state index contributed by atoms with van der Waals surface area (Å²) >= 11 is 0. The van der Waals surface area contributed by atoms with E-state index in [1.165, 1.54) is 0 Å². The summed E-state index contributed by atoms with van der Waals surface area (Å²) in [5.41, 5.74) is 5.98. The molecule has 0 atom stereocenters. The number of anilines is 1. The van der Waals surface area contributed by atoms with Gasteiger partial charge in [0.1, 0.15) is 17.3 Å². The maximum atomic E-state index is 7.38. The molecule has 3 N–H and O–H groups in total. The predicted molar refractivity (Wildman–Crippen MR) is 68.0 cm³/mol. The minimum atomic E-state index is 0.0158. The Kier molecular flexibility index (Phi) is 4.28. The molecule has 1 aromatic rings. The fraction of sp³-hybridized carbons (Fsp3) is 0.500. The first kappa shape index (κ1) is 12.5. The van der Waals surface area contributed by atoms with Crippen LogP contribution in [0.3, 0.4) is 0 Å². The molecule has 0 saturated carbocycles. The number of nitrogens with zero attached hydrogens (tertiary/aromatic N) is 2. The zero-order chi connectivity index (χ0) is 12.1. The van der Waals surface area contributed by atoms with Crippen molar-refractivity contribution in [2.75, 3.05) is 11.4 Å². The van der Waals surface area contributed by atoms with Crippen LogP contribution < -0.4 is 10.6 Å². The van der Waals surface area contributed by atoms with Crippen LogP contribution in [-0.2, 0) is 0 Å². The third kappa shape index (κ3) is 2.95. The lowest BCUT2D eigenvalue weighted by Crippen LogP contribution is -2.32. The Morgan fingerprint density at radius 2 is 2.19 bits per heavy atom. The van der Waals surface area contributed by atoms with Gasteiger partial charge in [0.05, 0.1) is 0 Å². The molecule has 0 saturated heterocycles. The number of hydrogen-bond acceptors (Lipinski definition) is 3. The summed E-state index contributed by atoms with van der Waals surface area (Å²) in [5.74, 6) is 0.909. The van der Waals surface area contributed by atoms with Gasteiger partial charge in [-0.3, -0.25) is 5.41 Å². The molecule has 0 bridgehead atoms. The van der Waals surface area contributed by atoms with Gasteiger partial charge in [0, 0.05) is 12.6 Å². The average Bonchev–Trinajstić information content (AvgIpc) is 2.25. The molecule has 0 fully saturated rings. The molecule has 0 radical (unpaired) electrons. The zero-order valence-corrected chi connectivity index (χ0v) is 10.2. The van der Waals surface area contributed by atoms with E-state index in [2.05, 4.69) is 30.7 Å². The van der Waals surface area contributed by atoms with E-state index < -0.39 is 0 Å². The fourth-order valence-electron chi connectivity index (χ4n) is 1.61. The summed E-state index contributed by atoms with van der Waals surface area (Å²) < 4.78 is 0. The van der Waals surface area contributed by atoms with Crippen LogP contribution in [0.4, 0.5) is 5.82 Å². The Morgan fingerprint density at radius 1 is 1.50 bits per heavy atom. The first-order valence-corrected chi connectivity index (χ1v) is 5.64. The third-order valence-corrected chi connectivity index (χ3v) is 2.39. The van der Waals surface area contributed by atoms with Gasteiger partial charge < -0.3 is 10.6 Å². The smallest absolute Gasteiger partial charge is 0.141 e. The number of amidine groups is 1. The predicted octanol–water partition coefficient (Wildman–Crippen LogP) is 1.99. The van der Waals surface area contributed by atoms with E-state index >= 15 is 0 Å². The second-order valence-corrected chi connectivity index (χ2v) is 4.08. The van der Waals surface area contributed by atoms with Crippen LogP contribution in [-0.4, -0.2) is 23.4 Å². The van der Waals surface area contributed by atoms with Crippen molar-refractivity contribution in [3.05, 3.63) is 23.9 Å². The van der Waals surface area contributed by atoms with Gasteiger partial charge in [-0.15, -0.1) is 0 Å². The lowest BCUT2D eigenvalue weighted by atomic mass is 10.2. The van der Waals surface area contributed by atoms with Gasteiger partial charge in [-0.2, -0.15) is 0 Å². The van der Waals surface area contributed by atoms with Crippen LogP contribution in [0.1, 0.15) is 32.9 Å². The summed E-state index contributed by atoms with van der Waals surface area (Å²) in [7, 11) is 0. The summed E-state index contributed by atoms with van der Waals surface area (Å²) in [5, 5.41) is 7.38. The summed E-state index contributed by atoms with van der Waals surface area (Å²) in [4.78, 5) is 6.60. The Hall–Kier alpha value is -1.58. The van der Waals surface area contributed by atoms with E-state index in [1.54, 1.807) is 6.07 Å². The Balaban J connectivity index is 3.00. The highest BCUT2D eigenvalue weighted by atomic mass is 15.2. The Bertz CT molecular complexity index is 360. The van der Waals surface area contributed by atoms with Gasteiger partial charge >= 0.3 is 0 Å². The van der Waals surface area contributed by atoms with E-state index in [1.807, 2.05) is 12.1 Å². The molecule has 1 rings (SSSR count). The van der Waals surface area contributed by atoms with Crippen molar-refractivity contribution in [1.29, 1.82) is 5.41 Å². The van der Waals surface area contributed by atoms with E-state index in [0.29, 0.717) is 11.7 Å². The molecule has 0 spiro atoms. The number of rotatable bonds is 5. The highest BCUT2D eigenvalue weighted by molar-refractivity contribution is 5.93. The minimum Gasteiger partial charge on any atom is -0.382 e. The topological polar surface area (TPSA) is 66.0 Å². The van der Waals surface area contributed by atoms with Crippen molar-refractivity contribution < 1.29 is 0 Å². The largest absolute Gasteiger partial charge is 0.382 e. The van der Waals surface area contributed by atoms with Crippen molar-refractivity contribution in [2.45, 2.75) is 33.2 Å². The van der Waals surface area contributed by atoms with Crippen LogP contribution in [0.25, 0.3) is 0 Å². The molecule has 4 heteroatoms. The number of pyridine rings is 1. The van der Waals surface area contributed by atoms with Crippen LogP contribution in [0, 0.1) is 5.41 Å². The molecular weight excluding hydrogens is 200 g/mol. The number of aromatic nitrogens is 1. The molecule has 0 aromatic carbocycles. The first-order valence-electron chi connectivity index (χ1n) is 5.64. The molecule has 1 heterocycles. The Labute approximate surface area is 97.0 Å². The molecule has 4 nitrogen and oxygen atoms in total. The van der Waals surface area contributed by atoms with E-state index in [-0.39, 0.29) is 5.84 Å². The number of nitrogen functional groups attached to an aromatic ring is 1. The monoisotopic (exact) mass is 220 g/mol. The second kappa shape index (κ2) is 5.49. The SMILES string of the molecule is CCCN(c1cccc(C(=N)N)n1)C(C)C.